The predicted molar refractivity (Wildman–Crippen MR) is 210 cm³/mol. The van der Waals surface area contributed by atoms with Gasteiger partial charge in [0.15, 0.2) is 5.82 Å². The van der Waals surface area contributed by atoms with E-state index in [0.29, 0.717) is 5.82 Å². The van der Waals surface area contributed by atoms with Crippen LogP contribution in [-0.2, 0) is 0 Å². The maximum absolute atomic E-state index is 5.21. The first-order chi connectivity index (χ1) is 24.6. The highest BCUT2D eigenvalue weighted by Gasteiger charge is 2.15. The van der Waals surface area contributed by atoms with Crippen LogP contribution in [0.25, 0.3) is 78.4 Å². The summed E-state index contributed by atoms with van der Waals surface area (Å²) in [6, 6.07) is 64.6. The summed E-state index contributed by atoms with van der Waals surface area (Å²) in [6.07, 6.45) is 0. The van der Waals surface area contributed by atoms with E-state index in [0.717, 1.165) is 50.3 Å². The molecule has 0 N–H and O–H groups in total. The first kappa shape index (κ1) is 30.9. The third kappa shape index (κ3) is 6.65. The lowest BCUT2D eigenvalue weighted by molar-refractivity contribution is 1.18. The van der Waals surface area contributed by atoms with Gasteiger partial charge in [-0.05, 0) is 94.8 Å². The van der Waals surface area contributed by atoms with Crippen molar-refractivity contribution in [3.63, 3.8) is 0 Å². The molecule has 0 amide bonds. The van der Waals surface area contributed by atoms with Crippen LogP contribution in [0.15, 0.2) is 182 Å². The largest absolute Gasteiger partial charge is 0.228 e. The fraction of sp³-hybridized carbons (Fsp3) is 0.0417. The number of nitrogens with zero attached hydrogens (tertiary/aromatic N) is 2. The van der Waals surface area contributed by atoms with Gasteiger partial charge in [-0.3, -0.25) is 0 Å². The van der Waals surface area contributed by atoms with Crippen molar-refractivity contribution in [3.05, 3.63) is 193 Å². The quantitative estimate of drug-likeness (QED) is 0.173. The van der Waals surface area contributed by atoms with E-state index >= 15 is 0 Å². The van der Waals surface area contributed by atoms with E-state index in [9.17, 15) is 0 Å². The van der Waals surface area contributed by atoms with Crippen molar-refractivity contribution < 1.29 is 0 Å². The average Bonchev–Trinajstić information content (AvgIpc) is 3.18. The Morgan fingerprint density at radius 3 is 1.00 bits per heavy atom. The van der Waals surface area contributed by atoms with Crippen LogP contribution in [0.5, 0.6) is 0 Å². The normalized spacial score (nSPS) is 11.0. The summed E-state index contributed by atoms with van der Waals surface area (Å²) in [5.74, 6) is 0.693. The summed E-state index contributed by atoms with van der Waals surface area (Å²) in [4.78, 5) is 10.4. The molecule has 0 saturated heterocycles. The van der Waals surface area contributed by atoms with Gasteiger partial charge in [-0.25, -0.2) is 9.97 Å². The van der Waals surface area contributed by atoms with E-state index in [1.807, 2.05) is 12.1 Å². The minimum absolute atomic E-state index is 0.693. The van der Waals surface area contributed by atoms with E-state index in [4.69, 9.17) is 9.97 Å². The Morgan fingerprint density at radius 2 is 0.580 bits per heavy atom. The molecule has 0 spiro atoms. The number of rotatable bonds is 7. The number of aromatic nitrogens is 2. The Balaban J connectivity index is 1.33. The van der Waals surface area contributed by atoms with Crippen LogP contribution in [0.2, 0.25) is 0 Å². The molecule has 0 unspecified atom stereocenters. The van der Waals surface area contributed by atoms with Crippen LogP contribution < -0.4 is 0 Å². The van der Waals surface area contributed by atoms with Gasteiger partial charge in [0.25, 0.3) is 0 Å². The van der Waals surface area contributed by atoms with Crippen molar-refractivity contribution in [1.29, 1.82) is 0 Å². The second-order valence-corrected chi connectivity index (χ2v) is 12.9. The molecule has 2 heteroatoms. The topological polar surface area (TPSA) is 25.8 Å². The van der Waals surface area contributed by atoms with Crippen LogP contribution >= 0.6 is 0 Å². The van der Waals surface area contributed by atoms with E-state index in [1.54, 1.807) is 0 Å². The van der Waals surface area contributed by atoms with Gasteiger partial charge in [0.05, 0.1) is 11.4 Å². The molecule has 0 aliphatic heterocycles. The van der Waals surface area contributed by atoms with Crippen molar-refractivity contribution in [2.24, 2.45) is 0 Å². The third-order valence-corrected chi connectivity index (χ3v) is 9.15. The molecule has 238 valence electrons. The zero-order valence-electron chi connectivity index (χ0n) is 28.2. The van der Waals surface area contributed by atoms with Crippen LogP contribution in [-0.4, -0.2) is 9.97 Å². The zero-order chi connectivity index (χ0) is 33.9. The SMILES string of the molecule is Cc1cccc(-c2cccc(-c3cc(-c4cccc(-c5cccc(C)c5)c4)cc(-c4nc(-c5ccccc5)cc(-c5ccccc5)n4)c3)c2)c1. The molecule has 1 aromatic heterocycles. The van der Waals surface area contributed by atoms with Gasteiger partial charge < -0.3 is 0 Å². The van der Waals surface area contributed by atoms with Gasteiger partial charge in [-0.2, -0.15) is 0 Å². The summed E-state index contributed by atoms with van der Waals surface area (Å²) < 4.78 is 0. The van der Waals surface area contributed by atoms with Crippen molar-refractivity contribution in [3.8, 4) is 78.4 Å². The summed E-state index contributed by atoms with van der Waals surface area (Å²) >= 11 is 0. The summed E-state index contributed by atoms with van der Waals surface area (Å²) in [5, 5.41) is 0. The molecule has 8 rings (SSSR count). The predicted octanol–water partition coefficient (Wildman–Crippen LogP) is 12.8. The number of benzene rings is 7. The van der Waals surface area contributed by atoms with Crippen molar-refractivity contribution in [2.45, 2.75) is 13.8 Å². The fourth-order valence-corrected chi connectivity index (χ4v) is 6.59. The molecule has 0 aliphatic rings. The summed E-state index contributed by atoms with van der Waals surface area (Å²) in [6.45, 7) is 4.28. The molecular formula is C48H36N2. The summed E-state index contributed by atoms with van der Waals surface area (Å²) in [7, 11) is 0. The molecule has 0 bridgehead atoms. The number of aryl methyl sites for hydroxylation is 2. The van der Waals surface area contributed by atoms with Gasteiger partial charge in [0.1, 0.15) is 0 Å². The highest BCUT2D eigenvalue weighted by Crippen LogP contribution is 2.36. The van der Waals surface area contributed by atoms with Crippen LogP contribution in [0, 0.1) is 13.8 Å². The molecular weight excluding hydrogens is 605 g/mol. The Morgan fingerprint density at radius 1 is 0.260 bits per heavy atom. The standard InChI is InChI=1S/C48H36N2/c1-33-13-9-19-37(25-33)39-21-11-23-41(27-39)43-29-44(42-24-12-22-40(28-42)38-20-10-14-34(2)26-38)31-45(30-43)48-49-46(35-15-5-3-6-16-35)32-47(50-48)36-17-7-4-8-18-36/h3-32H,1-2H3. The maximum atomic E-state index is 5.21. The van der Waals surface area contributed by atoms with Crippen LogP contribution in [0.1, 0.15) is 11.1 Å². The number of hydrogen-bond acceptors (Lipinski definition) is 2. The van der Waals surface area contributed by atoms with Gasteiger partial charge >= 0.3 is 0 Å². The Kier molecular flexibility index (Phi) is 8.42. The molecule has 50 heavy (non-hydrogen) atoms. The molecule has 1 heterocycles. The van der Waals surface area contributed by atoms with Crippen molar-refractivity contribution in [2.75, 3.05) is 0 Å². The lowest BCUT2D eigenvalue weighted by atomic mass is 9.92. The van der Waals surface area contributed by atoms with E-state index < -0.39 is 0 Å². The van der Waals surface area contributed by atoms with E-state index in [-0.39, 0.29) is 0 Å². The first-order valence-corrected chi connectivity index (χ1v) is 17.1. The Labute approximate surface area is 294 Å². The van der Waals surface area contributed by atoms with Gasteiger partial charge in [-0.1, -0.05) is 157 Å². The second-order valence-electron chi connectivity index (χ2n) is 12.9. The smallest absolute Gasteiger partial charge is 0.160 e. The van der Waals surface area contributed by atoms with Crippen molar-refractivity contribution in [1.82, 2.24) is 9.97 Å². The van der Waals surface area contributed by atoms with Gasteiger partial charge in [0.2, 0.25) is 0 Å². The number of hydrogen-bond donors (Lipinski definition) is 0. The van der Waals surface area contributed by atoms with Crippen molar-refractivity contribution >= 4 is 0 Å². The molecule has 0 fully saturated rings. The Bertz CT molecular complexity index is 2280. The monoisotopic (exact) mass is 640 g/mol. The minimum Gasteiger partial charge on any atom is -0.228 e. The molecule has 0 saturated carbocycles. The molecule has 0 atom stereocenters. The molecule has 2 nitrogen and oxygen atoms in total. The summed E-state index contributed by atoms with van der Waals surface area (Å²) in [5.41, 5.74) is 16.7. The molecule has 0 radical (unpaired) electrons. The Hall–Kier alpha value is -6.38. The zero-order valence-corrected chi connectivity index (χ0v) is 28.2. The first-order valence-electron chi connectivity index (χ1n) is 17.1. The highest BCUT2D eigenvalue weighted by atomic mass is 14.9. The molecule has 8 aromatic rings. The average molecular weight is 641 g/mol. The van der Waals surface area contributed by atoms with Gasteiger partial charge in [-0.15, -0.1) is 0 Å². The van der Waals surface area contributed by atoms with Crippen LogP contribution in [0.4, 0.5) is 0 Å². The van der Waals surface area contributed by atoms with Gasteiger partial charge in [0, 0.05) is 16.7 Å². The van der Waals surface area contributed by atoms with E-state index in [1.165, 1.54) is 33.4 Å². The minimum atomic E-state index is 0.693. The van der Waals surface area contributed by atoms with E-state index in [2.05, 4.69) is 184 Å². The molecule has 0 aliphatic carbocycles. The van der Waals surface area contributed by atoms with Crippen LogP contribution in [0.3, 0.4) is 0 Å². The highest BCUT2D eigenvalue weighted by molar-refractivity contribution is 5.84. The lowest BCUT2D eigenvalue weighted by Gasteiger charge is -2.14. The second kappa shape index (κ2) is 13.6. The maximum Gasteiger partial charge on any atom is 0.160 e. The third-order valence-electron chi connectivity index (χ3n) is 9.15. The fourth-order valence-electron chi connectivity index (χ4n) is 6.59. The lowest BCUT2D eigenvalue weighted by Crippen LogP contribution is -1.97. The molecule has 7 aromatic carbocycles.